The molecular weight excluding hydrogens is 664 g/mol. The van der Waals surface area contributed by atoms with Gasteiger partial charge in [0.05, 0.1) is 37.0 Å². The first-order valence-electron chi connectivity index (χ1n) is 17.9. The van der Waals surface area contributed by atoms with Gasteiger partial charge in [-0.25, -0.2) is 4.79 Å². The Kier molecular flexibility index (Phi) is 11.7. The number of rotatable bonds is 11. The van der Waals surface area contributed by atoms with Crippen molar-refractivity contribution in [2.75, 3.05) is 45.9 Å². The SMILES string of the molecule is CC(=O)N[C@H]1[C@H]([C@H](O)[C@H](O)CNC(=O)c2cc(C)c(O)c(C)c2)O[C@@](CCN2CCOC[C@@]23CCN(C(=O)C2(C)CCCC2)C3)(C(=O)O)C[C@@H]1O. The fourth-order valence-corrected chi connectivity index (χ4v) is 8.48. The number of morpholine rings is 1. The Bertz CT molecular complexity index is 1460. The second-order valence-electron chi connectivity index (χ2n) is 15.4. The minimum Gasteiger partial charge on any atom is -0.507 e. The van der Waals surface area contributed by atoms with E-state index in [1.807, 2.05) is 11.8 Å². The fraction of sp³-hybridized carbons (Fsp3) is 0.722. The van der Waals surface area contributed by atoms with E-state index < -0.39 is 72.3 Å². The van der Waals surface area contributed by atoms with Crippen molar-refractivity contribution in [1.29, 1.82) is 0 Å². The maximum absolute atomic E-state index is 13.6. The number of nitrogens with zero attached hydrogens (tertiary/aromatic N) is 2. The number of aliphatic hydroxyl groups is 3. The van der Waals surface area contributed by atoms with Crippen LogP contribution in [0.3, 0.4) is 0 Å². The zero-order chi connectivity index (χ0) is 37.3. The number of hydrogen-bond donors (Lipinski definition) is 7. The molecule has 4 aliphatic rings. The zero-order valence-corrected chi connectivity index (χ0v) is 30.0. The maximum Gasteiger partial charge on any atom is 0.336 e. The number of amides is 3. The standard InChI is InChI=1S/C36H54N4O11/c1-21-15-24(16-22(2)28(21)44)31(46)37-18-26(43)29(45)30-27(38-23(3)41)25(42)17-36(51-30,33(48)49)10-12-40-13-14-50-20-35(40)9-11-39(19-35)32(47)34(4)7-5-6-8-34/h15-16,25-27,29-30,42-45H,5-14,17-20H2,1-4H3,(H,37,46)(H,38,41)(H,48,49)/t25-,26+,27+,29+,30+,35-,36+/m0/s1. The van der Waals surface area contributed by atoms with Gasteiger partial charge in [-0.2, -0.15) is 0 Å². The van der Waals surface area contributed by atoms with E-state index in [0.29, 0.717) is 50.4 Å². The summed E-state index contributed by atoms with van der Waals surface area (Å²) in [5.41, 5.74) is -1.71. The van der Waals surface area contributed by atoms with Crippen LogP contribution in [0.1, 0.15) is 80.3 Å². The summed E-state index contributed by atoms with van der Waals surface area (Å²) in [6, 6.07) is 1.69. The van der Waals surface area contributed by atoms with Crippen LogP contribution in [-0.4, -0.2) is 147 Å². The Morgan fingerprint density at radius 3 is 2.35 bits per heavy atom. The average Bonchev–Trinajstić information content (AvgIpc) is 3.73. The number of phenols is 1. The number of carboxylic acid groups (broad SMARTS) is 1. The first-order valence-corrected chi connectivity index (χ1v) is 17.9. The lowest BCUT2D eigenvalue weighted by Crippen LogP contribution is -2.68. The number of benzene rings is 1. The van der Waals surface area contributed by atoms with Crippen LogP contribution in [0.15, 0.2) is 12.1 Å². The van der Waals surface area contributed by atoms with E-state index in [2.05, 4.69) is 15.5 Å². The molecule has 3 amide bonds. The normalized spacial score (nSPS) is 30.6. The van der Waals surface area contributed by atoms with E-state index in [9.17, 15) is 44.7 Å². The minimum absolute atomic E-state index is 0.0544. The van der Waals surface area contributed by atoms with Crippen LogP contribution in [0.2, 0.25) is 0 Å². The van der Waals surface area contributed by atoms with Gasteiger partial charge < -0.3 is 50.5 Å². The number of aliphatic carboxylic acids is 1. The molecule has 7 N–H and O–H groups in total. The average molecular weight is 719 g/mol. The van der Waals surface area contributed by atoms with Crippen molar-refractivity contribution in [3.05, 3.63) is 28.8 Å². The molecule has 3 saturated heterocycles. The van der Waals surface area contributed by atoms with E-state index in [1.54, 1.807) is 13.8 Å². The Labute approximate surface area is 298 Å². The van der Waals surface area contributed by atoms with E-state index >= 15 is 0 Å². The number of aliphatic hydroxyl groups excluding tert-OH is 3. The van der Waals surface area contributed by atoms with E-state index in [4.69, 9.17) is 9.47 Å². The van der Waals surface area contributed by atoms with Gasteiger partial charge in [0.1, 0.15) is 18.0 Å². The van der Waals surface area contributed by atoms with Crippen molar-refractivity contribution in [3.8, 4) is 5.75 Å². The van der Waals surface area contributed by atoms with Crippen molar-refractivity contribution in [2.45, 2.75) is 114 Å². The highest BCUT2D eigenvalue weighted by atomic mass is 16.6. The summed E-state index contributed by atoms with van der Waals surface area (Å²) >= 11 is 0. The molecule has 1 aliphatic carbocycles. The highest BCUT2D eigenvalue weighted by Crippen LogP contribution is 2.42. The summed E-state index contributed by atoms with van der Waals surface area (Å²) in [6.45, 7) is 8.59. The van der Waals surface area contributed by atoms with Gasteiger partial charge in [-0.3, -0.25) is 19.3 Å². The highest BCUT2D eigenvalue weighted by Gasteiger charge is 2.56. The van der Waals surface area contributed by atoms with Crippen LogP contribution in [0.5, 0.6) is 5.75 Å². The van der Waals surface area contributed by atoms with Crippen LogP contribution < -0.4 is 10.6 Å². The van der Waals surface area contributed by atoms with Gasteiger partial charge in [0.15, 0.2) is 5.60 Å². The van der Waals surface area contributed by atoms with Crippen LogP contribution in [0.25, 0.3) is 0 Å². The number of carbonyl (C=O) groups is 4. The molecule has 15 heteroatoms. The van der Waals surface area contributed by atoms with Gasteiger partial charge in [0.2, 0.25) is 11.8 Å². The molecule has 0 bridgehead atoms. The second kappa shape index (κ2) is 15.3. The summed E-state index contributed by atoms with van der Waals surface area (Å²) in [5.74, 6) is -2.32. The summed E-state index contributed by atoms with van der Waals surface area (Å²) in [7, 11) is 0. The monoisotopic (exact) mass is 718 g/mol. The molecule has 7 atom stereocenters. The Balaban J connectivity index is 1.30. The summed E-state index contributed by atoms with van der Waals surface area (Å²) in [6.07, 6.45) is -2.60. The molecule has 1 saturated carbocycles. The van der Waals surface area contributed by atoms with Crippen LogP contribution in [0.4, 0.5) is 0 Å². The third kappa shape index (κ3) is 8.03. The van der Waals surface area contributed by atoms with Gasteiger partial charge in [0.25, 0.3) is 5.91 Å². The number of hydrogen-bond acceptors (Lipinski definition) is 11. The molecule has 3 aliphatic heterocycles. The Morgan fingerprint density at radius 1 is 1.06 bits per heavy atom. The summed E-state index contributed by atoms with van der Waals surface area (Å²) in [4.78, 5) is 55.7. The zero-order valence-electron chi connectivity index (χ0n) is 30.0. The van der Waals surface area contributed by atoms with Gasteiger partial charge in [-0.15, -0.1) is 0 Å². The topological polar surface area (TPSA) is 218 Å². The first kappa shape index (κ1) is 38.9. The maximum atomic E-state index is 13.6. The largest absolute Gasteiger partial charge is 0.507 e. The smallest absolute Gasteiger partial charge is 0.336 e. The molecule has 3 heterocycles. The van der Waals surface area contributed by atoms with Crippen molar-refractivity contribution < 1.29 is 54.2 Å². The van der Waals surface area contributed by atoms with Gasteiger partial charge in [-0.1, -0.05) is 19.8 Å². The van der Waals surface area contributed by atoms with Crippen LogP contribution in [0, 0.1) is 19.3 Å². The third-order valence-electron chi connectivity index (χ3n) is 11.6. The predicted octanol–water partition coefficient (Wildman–Crippen LogP) is 0.212. The number of likely N-dealkylation sites (tertiary alicyclic amines) is 1. The molecule has 1 aromatic rings. The Morgan fingerprint density at radius 2 is 1.73 bits per heavy atom. The van der Waals surface area contributed by atoms with Crippen LogP contribution >= 0.6 is 0 Å². The lowest BCUT2D eigenvalue weighted by Gasteiger charge is -2.49. The van der Waals surface area contributed by atoms with Crippen molar-refractivity contribution in [2.24, 2.45) is 5.41 Å². The second-order valence-corrected chi connectivity index (χ2v) is 15.4. The molecule has 0 unspecified atom stereocenters. The number of aryl methyl sites for hydroxylation is 2. The third-order valence-corrected chi connectivity index (χ3v) is 11.6. The van der Waals surface area contributed by atoms with Crippen molar-refractivity contribution in [1.82, 2.24) is 20.4 Å². The van der Waals surface area contributed by atoms with E-state index in [1.165, 1.54) is 19.1 Å². The molecule has 5 rings (SSSR count). The summed E-state index contributed by atoms with van der Waals surface area (Å²) < 4.78 is 12.1. The fourth-order valence-electron chi connectivity index (χ4n) is 8.48. The van der Waals surface area contributed by atoms with Crippen molar-refractivity contribution >= 4 is 23.7 Å². The number of carboxylic acids is 1. The number of nitrogens with one attached hydrogen (secondary N) is 2. The molecule has 4 fully saturated rings. The van der Waals surface area contributed by atoms with Gasteiger partial charge in [0, 0.05) is 63.5 Å². The van der Waals surface area contributed by atoms with E-state index in [-0.39, 0.29) is 35.6 Å². The lowest BCUT2D eigenvalue weighted by molar-refractivity contribution is -0.231. The molecule has 1 aromatic carbocycles. The molecule has 284 valence electrons. The molecular formula is C36H54N4O11. The van der Waals surface area contributed by atoms with Crippen LogP contribution in [-0.2, 0) is 23.9 Å². The molecule has 51 heavy (non-hydrogen) atoms. The predicted molar refractivity (Wildman–Crippen MR) is 183 cm³/mol. The molecule has 15 nitrogen and oxygen atoms in total. The number of aromatic hydroxyl groups is 1. The van der Waals surface area contributed by atoms with Gasteiger partial charge in [-0.05, 0) is 56.4 Å². The first-order chi connectivity index (χ1) is 24.0. The Hall–Kier alpha value is -3.34. The summed E-state index contributed by atoms with van der Waals surface area (Å²) in [5, 5.41) is 59.4. The minimum atomic E-state index is -2.00. The van der Waals surface area contributed by atoms with Gasteiger partial charge >= 0.3 is 5.97 Å². The molecule has 0 radical (unpaired) electrons. The number of carbonyl (C=O) groups excluding carboxylic acids is 3. The van der Waals surface area contributed by atoms with E-state index in [0.717, 1.165) is 25.7 Å². The quantitative estimate of drug-likeness (QED) is 0.163. The lowest BCUT2D eigenvalue weighted by atomic mass is 9.81. The van der Waals surface area contributed by atoms with Crippen molar-refractivity contribution in [3.63, 3.8) is 0 Å². The molecule has 1 spiro atoms. The molecule has 0 aromatic heterocycles. The highest BCUT2D eigenvalue weighted by molar-refractivity contribution is 5.95. The number of ether oxygens (including phenoxy) is 2. The number of phenolic OH excluding ortho intramolecular Hbond substituents is 1.